The number of hydrogen-bond donors (Lipinski definition) is 3. The van der Waals surface area contributed by atoms with E-state index in [1.54, 1.807) is 0 Å². The molecule has 84 valence electrons. The van der Waals surface area contributed by atoms with Crippen LogP contribution in [0.4, 0.5) is 0 Å². The molecule has 3 N–H and O–H groups in total. The molecule has 0 aliphatic carbocycles. The first-order valence-electron chi connectivity index (χ1n) is 5.13. The molecule has 0 spiro atoms. The molecule has 0 radical (unpaired) electrons. The minimum absolute atomic E-state index is 0.188. The van der Waals surface area contributed by atoms with Gasteiger partial charge in [0.2, 0.25) is 0 Å². The number of carboxylic acids is 1. The van der Waals surface area contributed by atoms with Gasteiger partial charge in [-0.2, -0.15) is 0 Å². The van der Waals surface area contributed by atoms with Crippen LogP contribution in [-0.4, -0.2) is 35.4 Å². The molecular weight excluding hydrogens is 182 g/mol. The number of carboxylic acid groups (broad SMARTS) is 1. The van der Waals surface area contributed by atoms with E-state index in [-0.39, 0.29) is 12.5 Å². The van der Waals surface area contributed by atoms with E-state index in [0.717, 1.165) is 6.42 Å². The predicted molar refractivity (Wildman–Crippen MR) is 55.2 cm³/mol. The average Bonchev–Trinajstić information content (AvgIpc) is 2.01. The SMILES string of the molecule is CC(C)CC(O)CNCCCC(=O)O. The molecule has 0 aliphatic heterocycles. The first-order chi connectivity index (χ1) is 6.52. The normalized spacial score (nSPS) is 13.1. The van der Waals surface area contributed by atoms with Gasteiger partial charge in [0.25, 0.3) is 0 Å². The van der Waals surface area contributed by atoms with E-state index in [0.29, 0.717) is 25.4 Å². The van der Waals surface area contributed by atoms with Crippen LogP contribution in [-0.2, 0) is 4.79 Å². The lowest BCUT2D eigenvalue weighted by Crippen LogP contribution is -2.28. The number of rotatable bonds is 8. The number of aliphatic hydroxyl groups is 1. The van der Waals surface area contributed by atoms with Gasteiger partial charge in [-0.25, -0.2) is 0 Å². The zero-order valence-corrected chi connectivity index (χ0v) is 8.99. The summed E-state index contributed by atoms with van der Waals surface area (Å²) in [5.74, 6) is -0.277. The number of aliphatic hydroxyl groups excluding tert-OH is 1. The van der Waals surface area contributed by atoms with Crippen LogP contribution >= 0.6 is 0 Å². The minimum atomic E-state index is -0.769. The fourth-order valence-corrected chi connectivity index (χ4v) is 1.26. The van der Waals surface area contributed by atoms with Crippen molar-refractivity contribution in [3.8, 4) is 0 Å². The lowest BCUT2D eigenvalue weighted by Gasteiger charge is -2.13. The van der Waals surface area contributed by atoms with Gasteiger partial charge in [0.15, 0.2) is 0 Å². The largest absolute Gasteiger partial charge is 0.481 e. The van der Waals surface area contributed by atoms with Gasteiger partial charge in [-0.3, -0.25) is 4.79 Å². The van der Waals surface area contributed by atoms with Gasteiger partial charge in [-0.15, -0.1) is 0 Å². The molecule has 0 aromatic rings. The third-order valence-electron chi connectivity index (χ3n) is 1.87. The zero-order valence-electron chi connectivity index (χ0n) is 8.99. The second-order valence-electron chi connectivity index (χ2n) is 3.98. The first kappa shape index (κ1) is 13.4. The van der Waals surface area contributed by atoms with Crippen molar-refractivity contribution in [1.29, 1.82) is 0 Å². The molecule has 4 nitrogen and oxygen atoms in total. The fourth-order valence-electron chi connectivity index (χ4n) is 1.26. The smallest absolute Gasteiger partial charge is 0.303 e. The molecule has 0 aliphatic rings. The molecule has 0 aromatic carbocycles. The molecule has 0 rings (SSSR count). The van der Waals surface area contributed by atoms with Crippen LogP contribution in [0.5, 0.6) is 0 Å². The Morgan fingerprint density at radius 2 is 2.07 bits per heavy atom. The zero-order chi connectivity index (χ0) is 11.0. The van der Waals surface area contributed by atoms with Gasteiger partial charge in [0.1, 0.15) is 0 Å². The predicted octanol–water partition coefficient (Wildman–Crippen LogP) is 0.848. The lowest BCUT2D eigenvalue weighted by molar-refractivity contribution is -0.137. The molecule has 1 atom stereocenters. The lowest BCUT2D eigenvalue weighted by atomic mass is 10.1. The van der Waals surface area contributed by atoms with Gasteiger partial charge in [0, 0.05) is 13.0 Å². The van der Waals surface area contributed by atoms with Crippen LogP contribution < -0.4 is 5.32 Å². The van der Waals surface area contributed by atoms with Crippen molar-refractivity contribution in [3.05, 3.63) is 0 Å². The van der Waals surface area contributed by atoms with Crippen LogP contribution in [0.2, 0.25) is 0 Å². The molecule has 0 amide bonds. The summed E-state index contributed by atoms with van der Waals surface area (Å²) in [6, 6.07) is 0. The highest BCUT2D eigenvalue weighted by Gasteiger charge is 2.05. The van der Waals surface area contributed by atoms with Crippen molar-refractivity contribution in [2.45, 2.75) is 39.2 Å². The summed E-state index contributed by atoms with van der Waals surface area (Å²) >= 11 is 0. The van der Waals surface area contributed by atoms with E-state index in [1.165, 1.54) is 0 Å². The number of aliphatic carboxylic acids is 1. The quantitative estimate of drug-likeness (QED) is 0.511. The van der Waals surface area contributed by atoms with E-state index in [9.17, 15) is 9.90 Å². The van der Waals surface area contributed by atoms with E-state index in [1.807, 2.05) is 0 Å². The van der Waals surface area contributed by atoms with E-state index in [2.05, 4.69) is 19.2 Å². The van der Waals surface area contributed by atoms with Crippen LogP contribution in [0.25, 0.3) is 0 Å². The number of nitrogens with one attached hydrogen (secondary N) is 1. The van der Waals surface area contributed by atoms with E-state index >= 15 is 0 Å². The van der Waals surface area contributed by atoms with Crippen molar-refractivity contribution in [1.82, 2.24) is 5.32 Å². The van der Waals surface area contributed by atoms with Crippen molar-refractivity contribution in [2.24, 2.45) is 5.92 Å². The Hall–Kier alpha value is -0.610. The second kappa shape index (κ2) is 7.76. The van der Waals surface area contributed by atoms with E-state index < -0.39 is 5.97 Å². The summed E-state index contributed by atoms with van der Waals surface area (Å²) in [5, 5.41) is 20.8. The summed E-state index contributed by atoms with van der Waals surface area (Å²) in [6.45, 7) is 5.33. The third kappa shape index (κ3) is 9.48. The summed E-state index contributed by atoms with van der Waals surface area (Å²) in [4.78, 5) is 10.2. The number of carbonyl (C=O) groups is 1. The summed E-state index contributed by atoms with van der Waals surface area (Å²) in [7, 11) is 0. The average molecular weight is 203 g/mol. The van der Waals surface area contributed by atoms with Crippen LogP contribution in [0.1, 0.15) is 33.1 Å². The molecule has 1 unspecified atom stereocenters. The summed E-state index contributed by atoms with van der Waals surface area (Å²) in [5.41, 5.74) is 0. The van der Waals surface area contributed by atoms with Gasteiger partial charge < -0.3 is 15.5 Å². The van der Waals surface area contributed by atoms with Gasteiger partial charge in [-0.1, -0.05) is 13.8 Å². The van der Waals surface area contributed by atoms with Crippen molar-refractivity contribution in [2.75, 3.05) is 13.1 Å². The highest BCUT2D eigenvalue weighted by Crippen LogP contribution is 2.03. The molecule has 0 fully saturated rings. The molecule has 0 heterocycles. The maximum Gasteiger partial charge on any atom is 0.303 e. The highest BCUT2D eigenvalue weighted by molar-refractivity contribution is 5.66. The Balaban J connectivity index is 3.23. The summed E-state index contributed by atoms with van der Waals surface area (Å²) in [6.07, 6.45) is 1.27. The maximum atomic E-state index is 10.2. The van der Waals surface area contributed by atoms with Gasteiger partial charge in [0.05, 0.1) is 6.10 Å². The Morgan fingerprint density at radius 3 is 2.57 bits per heavy atom. The number of hydrogen-bond acceptors (Lipinski definition) is 3. The van der Waals surface area contributed by atoms with Crippen LogP contribution in [0.3, 0.4) is 0 Å². The van der Waals surface area contributed by atoms with Crippen molar-refractivity contribution in [3.63, 3.8) is 0 Å². The Kier molecular flexibility index (Phi) is 7.42. The molecule has 4 heteroatoms. The molecular formula is C10H21NO3. The Bertz CT molecular complexity index is 159. The third-order valence-corrected chi connectivity index (χ3v) is 1.87. The van der Waals surface area contributed by atoms with Gasteiger partial charge in [-0.05, 0) is 25.3 Å². The summed E-state index contributed by atoms with van der Waals surface area (Å²) < 4.78 is 0. The maximum absolute atomic E-state index is 10.2. The van der Waals surface area contributed by atoms with E-state index in [4.69, 9.17) is 5.11 Å². The first-order valence-corrected chi connectivity index (χ1v) is 5.13. The Labute approximate surface area is 85.3 Å². The molecule has 0 aromatic heterocycles. The van der Waals surface area contributed by atoms with Crippen molar-refractivity contribution < 1.29 is 15.0 Å². The van der Waals surface area contributed by atoms with Gasteiger partial charge >= 0.3 is 5.97 Å². The standard InChI is InChI=1S/C10H21NO3/c1-8(2)6-9(12)7-11-5-3-4-10(13)14/h8-9,11-12H,3-7H2,1-2H3,(H,13,14). The van der Waals surface area contributed by atoms with Crippen molar-refractivity contribution >= 4 is 5.97 Å². The molecule has 0 bridgehead atoms. The fraction of sp³-hybridized carbons (Fsp3) is 0.900. The molecule has 0 saturated heterocycles. The van der Waals surface area contributed by atoms with Crippen LogP contribution in [0, 0.1) is 5.92 Å². The minimum Gasteiger partial charge on any atom is -0.481 e. The molecule has 0 saturated carbocycles. The molecule has 14 heavy (non-hydrogen) atoms. The Morgan fingerprint density at radius 1 is 1.43 bits per heavy atom. The topological polar surface area (TPSA) is 69.6 Å². The monoisotopic (exact) mass is 203 g/mol. The highest BCUT2D eigenvalue weighted by atomic mass is 16.4. The second-order valence-corrected chi connectivity index (χ2v) is 3.98. The van der Waals surface area contributed by atoms with Crippen LogP contribution in [0.15, 0.2) is 0 Å².